The monoisotopic (exact) mass is 484 g/mol. The Morgan fingerprint density at radius 2 is 2.06 bits per heavy atom. The van der Waals surface area contributed by atoms with E-state index in [1.807, 2.05) is 19.1 Å². The number of hydrogen-bond donors (Lipinski definition) is 1. The van der Waals surface area contributed by atoms with Crippen molar-refractivity contribution in [3.63, 3.8) is 0 Å². The van der Waals surface area contributed by atoms with E-state index in [4.69, 9.17) is 20.8 Å². The van der Waals surface area contributed by atoms with Gasteiger partial charge in [0, 0.05) is 18.9 Å². The minimum atomic E-state index is -0.876. The maximum atomic E-state index is 11.5. The van der Waals surface area contributed by atoms with E-state index in [0.717, 1.165) is 25.0 Å². The van der Waals surface area contributed by atoms with Gasteiger partial charge in [-0.3, -0.25) is 9.36 Å². The second kappa shape index (κ2) is 11.0. The Bertz CT molecular complexity index is 1220. The number of unbranched alkanes of at least 4 members (excludes halogenated alkanes) is 5. The van der Waals surface area contributed by atoms with Gasteiger partial charge < -0.3 is 14.3 Å². The quantitative estimate of drug-likeness (QED) is 0.233. The fourth-order valence-corrected chi connectivity index (χ4v) is 4.46. The molecule has 9 heteroatoms. The summed E-state index contributed by atoms with van der Waals surface area (Å²) in [5.41, 5.74) is 0.860. The number of rotatable bonds is 9. The lowest BCUT2D eigenvalue weighted by atomic mass is 10.0. The fourth-order valence-electron chi connectivity index (χ4n) is 4.26. The third kappa shape index (κ3) is 5.43. The van der Waals surface area contributed by atoms with Gasteiger partial charge in [0.05, 0.1) is 6.42 Å². The predicted molar refractivity (Wildman–Crippen MR) is 128 cm³/mol. The highest BCUT2D eigenvalue weighted by Crippen LogP contribution is 2.39. The molecule has 0 bridgehead atoms. The molecule has 3 aromatic rings. The number of carboxylic acid groups (broad SMARTS) is 1. The molecule has 180 valence electrons. The number of carbonyl (C=O) groups is 1. The maximum Gasteiger partial charge on any atom is 0.303 e. The minimum Gasteiger partial charge on any atom is -0.481 e. The topological polar surface area (TPSA) is 103 Å². The number of hydrogen-bond acceptors (Lipinski definition) is 6. The summed E-state index contributed by atoms with van der Waals surface area (Å²) in [4.78, 5) is 25.1. The van der Waals surface area contributed by atoms with Crippen molar-refractivity contribution in [1.29, 1.82) is 0 Å². The van der Waals surface area contributed by atoms with Gasteiger partial charge in [-0.15, -0.1) is 0 Å². The van der Waals surface area contributed by atoms with Crippen LogP contribution < -0.4 is 0 Å². The average Bonchev–Trinajstić information content (AvgIpc) is 3.51. The van der Waals surface area contributed by atoms with E-state index >= 15 is 0 Å². The lowest BCUT2D eigenvalue weighted by molar-refractivity contribution is -0.139. The van der Waals surface area contributed by atoms with Crippen LogP contribution in [0.15, 0.2) is 16.5 Å². The summed E-state index contributed by atoms with van der Waals surface area (Å²) in [6.45, 7) is 4.49. The Kier molecular flexibility index (Phi) is 7.86. The van der Waals surface area contributed by atoms with E-state index < -0.39 is 12.2 Å². The van der Waals surface area contributed by atoms with Crippen LogP contribution in [0.3, 0.4) is 0 Å². The van der Waals surface area contributed by atoms with Gasteiger partial charge in [0.2, 0.25) is 5.82 Å². The molecule has 1 fully saturated rings. The summed E-state index contributed by atoms with van der Waals surface area (Å²) in [6, 6.07) is 3.66. The zero-order chi connectivity index (χ0) is 24.1. The normalized spacial score (nSPS) is 17.7. The number of ether oxygens (including phenoxy) is 1. The first-order chi connectivity index (χ1) is 16.5. The SMILES string of the molecule is CCCCCCCC#Cc1nc(Cl)c2nc(-c3ccc(C)o3)n(C3OCCC3CC(=O)O)c2n1. The van der Waals surface area contributed by atoms with Gasteiger partial charge in [-0.25, -0.2) is 15.0 Å². The van der Waals surface area contributed by atoms with Gasteiger partial charge in [0.25, 0.3) is 0 Å². The van der Waals surface area contributed by atoms with Gasteiger partial charge >= 0.3 is 5.97 Å². The molecule has 0 aliphatic carbocycles. The first-order valence-electron chi connectivity index (χ1n) is 11.8. The third-order valence-electron chi connectivity index (χ3n) is 5.94. The molecular formula is C25H29ClN4O4. The number of imidazole rings is 1. The molecule has 1 N–H and O–H groups in total. The van der Waals surface area contributed by atoms with E-state index in [1.54, 1.807) is 4.57 Å². The number of carboxylic acids is 1. The van der Waals surface area contributed by atoms with Crippen molar-refractivity contribution >= 4 is 28.7 Å². The second-order valence-corrected chi connectivity index (χ2v) is 8.96. The Labute approximate surface area is 203 Å². The largest absolute Gasteiger partial charge is 0.481 e. The smallest absolute Gasteiger partial charge is 0.303 e. The molecule has 2 atom stereocenters. The predicted octanol–water partition coefficient (Wildman–Crippen LogP) is 5.77. The highest BCUT2D eigenvalue weighted by Gasteiger charge is 2.36. The number of furan rings is 1. The van der Waals surface area contributed by atoms with Gasteiger partial charge in [0.1, 0.15) is 17.5 Å². The molecule has 34 heavy (non-hydrogen) atoms. The molecule has 0 spiro atoms. The Hall–Kier alpha value is -2.89. The summed E-state index contributed by atoms with van der Waals surface area (Å²) in [5.74, 6) is 7.09. The van der Waals surface area contributed by atoms with Crippen LogP contribution in [0.5, 0.6) is 0 Å². The van der Waals surface area contributed by atoms with Crippen molar-refractivity contribution in [1.82, 2.24) is 19.5 Å². The fraction of sp³-hybridized carbons (Fsp3) is 0.520. The van der Waals surface area contributed by atoms with Crippen LogP contribution >= 0.6 is 11.6 Å². The van der Waals surface area contributed by atoms with Gasteiger partial charge in [-0.1, -0.05) is 50.1 Å². The summed E-state index contributed by atoms with van der Waals surface area (Å²) in [5, 5.41) is 9.59. The van der Waals surface area contributed by atoms with E-state index in [1.165, 1.54) is 19.3 Å². The number of aliphatic carboxylic acids is 1. The molecule has 4 rings (SSSR count). The van der Waals surface area contributed by atoms with Crippen LogP contribution in [0.1, 0.15) is 76.1 Å². The number of fused-ring (bicyclic) bond motifs is 1. The molecular weight excluding hydrogens is 456 g/mol. The summed E-state index contributed by atoms with van der Waals surface area (Å²) in [6.07, 6.45) is 6.68. The molecule has 0 aromatic carbocycles. The minimum absolute atomic E-state index is 0.0233. The number of nitrogens with zero attached hydrogens (tertiary/aromatic N) is 4. The standard InChI is InChI=1S/C25H29ClN4O4/c1-3-4-5-6-7-8-9-10-19-27-22(26)21-24(28-19)30(23(29-21)18-12-11-16(2)34-18)25-17(13-14-33-25)15-20(31)32/h11-12,17,25H,3-8,13-15H2,1-2H3,(H,31,32). The van der Waals surface area contributed by atoms with Crippen molar-refractivity contribution in [3.8, 4) is 23.4 Å². The number of aromatic nitrogens is 4. The molecule has 1 aliphatic heterocycles. The van der Waals surface area contributed by atoms with Gasteiger partial charge in [-0.2, -0.15) is 0 Å². The molecule has 1 aliphatic rings. The van der Waals surface area contributed by atoms with E-state index in [-0.39, 0.29) is 17.5 Å². The van der Waals surface area contributed by atoms with Crippen molar-refractivity contribution < 1.29 is 19.1 Å². The summed E-state index contributed by atoms with van der Waals surface area (Å²) in [7, 11) is 0. The zero-order valence-electron chi connectivity index (χ0n) is 19.5. The summed E-state index contributed by atoms with van der Waals surface area (Å²) < 4.78 is 13.6. The van der Waals surface area contributed by atoms with Crippen LogP contribution in [-0.2, 0) is 9.53 Å². The lowest BCUT2D eigenvalue weighted by Gasteiger charge is -2.20. The molecule has 3 aromatic heterocycles. The third-order valence-corrected chi connectivity index (χ3v) is 6.20. The van der Waals surface area contributed by atoms with Crippen LogP contribution in [0.25, 0.3) is 22.7 Å². The van der Waals surface area contributed by atoms with Crippen LogP contribution in [-0.4, -0.2) is 37.2 Å². The first-order valence-corrected chi connectivity index (χ1v) is 12.2. The van der Waals surface area contributed by atoms with Crippen LogP contribution in [0, 0.1) is 24.7 Å². The van der Waals surface area contributed by atoms with Crippen LogP contribution in [0.4, 0.5) is 0 Å². The van der Waals surface area contributed by atoms with Crippen molar-refractivity contribution in [2.75, 3.05) is 6.61 Å². The number of halogens is 1. The molecule has 2 unspecified atom stereocenters. The van der Waals surface area contributed by atoms with E-state index in [2.05, 4.69) is 33.7 Å². The Balaban J connectivity index is 1.72. The van der Waals surface area contributed by atoms with E-state index in [0.29, 0.717) is 41.6 Å². The second-order valence-electron chi connectivity index (χ2n) is 8.60. The van der Waals surface area contributed by atoms with Crippen molar-refractivity contribution in [2.24, 2.45) is 5.92 Å². The van der Waals surface area contributed by atoms with Crippen molar-refractivity contribution in [3.05, 3.63) is 28.9 Å². The molecule has 8 nitrogen and oxygen atoms in total. The maximum absolute atomic E-state index is 11.5. The highest BCUT2D eigenvalue weighted by atomic mass is 35.5. The molecule has 1 saturated heterocycles. The van der Waals surface area contributed by atoms with Gasteiger partial charge in [0.15, 0.2) is 22.4 Å². The lowest BCUT2D eigenvalue weighted by Crippen LogP contribution is -2.19. The molecule has 0 radical (unpaired) electrons. The number of aryl methyl sites for hydroxylation is 1. The molecule has 0 amide bonds. The zero-order valence-corrected chi connectivity index (χ0v) is 20.3. The first kappa shape index (κ1) is 24.2. The van der Waals surface area contributed by atoms with Gasteiger partial charge in [-0.05, 0) is 37.8 Å². The van der Waals surface area contributed by atoms with E-state index in [9.17, 15) is 9.90 Å². The average molecular weight is 485 g/mol. The molecule has 0 saturated carbocycles. The highest BCUT2D eigenvalue weighted by molar-refractivity contribution is 6.33. The Morgan fingerprint density at radius 3 is 2.79 bits per heavy atom. The Morgan fingerprint density at radius 1 is 1.24 bits per heavy atom. The van der Waals surface area contributed by atoms with Crippen molar-refractivity contribution in [2.45, 2.75) is 71.4 Å². The van der Waals surface area contributed by atoms with Crippen LogP contribution in [0.2, 0.25) is 5.15 Å². The molecule has 4 heterocycles. The summed E-state index contributed by atoms with van der Waals surface area (Å²) >= 11 is 6.50.